The summed E-state index contributed by atoms with van der Waals surface area (Å²) in [6.07, 6.45) is 0. The van der Waals surface area contributed by atoms with Gasteiger partial charge in [-0.25, -0.2) is 0 Å². The topological polar surface area (TPSA) is 9.72 Å². The summed E-state index contributed by atoms with van der Waals surface area (Å²) in [6.45, 7) is 2.22. The Hall–Kier alpha value is -9.96. The number of hydrogen-bond acceptors (Lipinski definition) is 3. The van der Waals surface area contributed by atoms with Crippen LogP contribution in [0.25, 0.3) is 44.5 Å². The van der Waals surface area contributed by atoms with Gasteiger partial charge in [0, 0.05) is 51.2 Å². The zero-order valence-corrected chi connectivity index (χ0v) is 42.7. The van der Waals surface area contributed by atoms with Crippen molar-refractivity contribution in [3.8, 4) is 44.5 Å². The van der Waals surface area contributed by atoms with Crippen molar-refractivity contribution in [2.45, 2.75) is 12.3 Å². The lowest BCUT2D eigenvalue weighted by Crippen LogP contribution is -2.26. The van der Waals surface area contributed by atoms with E-state index < -0.39 is 5.41 Å². The fraction of sp³-hybridized carbons (Fsp3) is 0.0270. The fourth-order valence-corrected chi connectivity index (χ4v) is 12.4. The van der Waals surface area contributed by atoms with Crippen LogP contribution in [-0.2, 0) is 5.41 Å². The second-order valence-electron chi connectivity index (χ2n) is 20.2. The molecule has 0 aliphatic heterocycles. The Kier molecular flexibility index (Phi) is 11.3. The van der Waals surface area contributed by atoms with Crippen molar-refractivity contribution in [2.75, 3.05) is 14.7 Å². The Morgan fingerprint density at radius 3 is 0.844 bits per heavy atom. The van der Waals surface area contributed by atoms with E-state index in [1.165, 1.54) is 61.2 Å². The summed E-state index contributed by atoms with van der Waals surface area (Å²) in [4.78, 5) is 7.13. The number of benzene rings is 12. The maximum atomic E-state index is 2.52. The third-order valence-electron chi connectivity index (χ3n) is 15.6. The molecule has 364 valence electrons. The number of aryl methyl sites for hydroxylation is 1. The number of hydrogen-bond donors (Lipinski definition) is 0. The lowest BCUT2D eigenvalue weighted by Gasteiger charge is -2.32. The average molecular weight is 984 g/mol. The van der Waals surface area contributed by atoms with Crippen LogP contribution >= 0.6 is 0 Å². The molecule has 0 amide bonds. The highest BCUT2D eigenvalue weighted by atomic mass is 15.2. The maximum absolute atomic E-state index is 2.52. The first-order chi connectivity index (χ1) is 38.1. The smallest absolute Gasteiger partial charge is 0.0725 e. The van der Waals surface area contributed by atoms with Crippen molar-refractivity contribution < 1.29 is 0 Å². The molecule has 0 heterocycles. The monoisotopic (exact) mass is 983 g/mol. The normalized spacial score (nSPS) is 12.3. The predicted octanol–water partition coefficient (Wildman–Crippen LogP) is 20.1. The van der Waals surface area contributed by atoms with Gasteiger partial charge in [-0.1, -0.05) is 188 Å². The van der Waals surface area contributed by atoms with Crippen LogP contribution in [-0.4, -0.2) is 0 Å². The minimum absolute atomic E-state index is 0.586. The molecule has 0 radical (unpaired) electrons. The minimum atomic E-state index is -0.586. The van der Waals surface area contributed by atoms with Gasteiger partial charge in [0.1, 0.15) is 0 Å². The molecule has 14 rings (SSSR count). The van der Waals surface area contributed by atoms with E-state index in [1.54, 1.807) is 0 Å². The molecule has 3 heteroatoms. The van der Waals surface area contributed by atoms with Gasteiger partial charge in [0.25, 0.3) is 0 Å². The summed E-state index contributed by atoms with van der Waals surface area (Å²) in [6, 6.07) is 111. The molecule has 2 aliphatic carbocycles. The summed E-state index contributed by atoms with van der Waals surface area (Å²) in [7, 11) is 0. The van der Waals surface area contributed by atoms with E-state index in [1.807, 2.05) is 0 Å². The lowest BCUT2D eigenvalue weighted by molar-refractivity contribution is 0.794. The molecule has 0 bridgehead atoms. The summed E-state index contributed by atoms with van der Waals surface area (Å²) in [5.74, 6) is 0. The van der Waals surface area contributed by atoms with E-state index in [9.17, 15) is 0 Å². The molecule has 0 unspecified atom stereocenters. The van der Waals surface area contributed by atoms with Gasteiger partial charge in [0.15, 0.2) is 0 Å². The number of rotatable bonds is 11. The molecule has 0 atom stereocenters. The number of nitrogens with zero attached hydrogens (tertiary/aromatic N) is 3. The first kappa shape index (κ1) is 45.6. The van der Waals surface area contributed by atoms with Crippen molar-refractivity contribution in [1.82, 2.24) is 0 Å². The van der Waals surface area contributed by atoms with Crippen molar-refractivity contribution in [3.63, 3.8) is 0 Å². The van der Waals surface area contributed by atoms with Crippen LogP contribution in [0.3, 0.4) is 0 Å². The Balaban J connectivity index is 0.989. The van der Waals surface area contributed by atoms with Crippen molar-refractivity contribution in [2.24, 2.45) is 0 Å². The lowest BCUT2D eigenvalue weighted by atomic mass is 9.70. The first-order valence-electron chi connectivity index (χ1n) is 26.6. The van der Waals surface area contributed by atoms with Gasteiger partial charge in [0.05, 0.1) is 5.41 Å². The molecule has 0 fully saturated rings. The molecule has 1 spiro atoms. The highest BCUT2D eigenvalue weighted by Crippen LogP contribution is 2.64. The third-order valence-corrected chi connectivity index (χ3v) is 15.6. The van der Waals surface area contributed by atoms with Crippen LogP contribution in [0.15, 0.2) is 303 Å². The largest absolute Gasteiger partial charge is 0.310 e. The Bertz CT molecular complexity index is 3840. The van der Waals surface area contributed by atoms with Gasteiger partial charge in [0.2, 0.25) is 0 Å². The molecule has 77 heavy (non-hydrogen) atoms. The zero-order valence-electron chi connectivity index (χ0n) is 42.7. The van der Waals surface area contributed by atoms with Crippen molar-refractivity contribution in [3.05, 3.63) is 331 Å². The first-order valence-corrected chi connectivity index (χ1v) is 26.6. The highest BCUT2D eigenvalue weighted by Gasteiger charge is 2.51. The van der Waals surface area contributed by atoms with Crippen molar-refractivity contribution >= 4 is 51.2 Å². The third kappa shape index (κ3) is 7.83. The Labute approximate surface area is 451 Å². The van der Waals surface area contributed by atoms with Gasteiger partial charge < -0.3 is 14.7 Å². The van der Waals surface area contributed by atoms with Crippen LogP contribution < -0.4 is 14.7 Å². The summed E-state index contributed by atoms with van der Waals surface area (Å²) in [5, 5.41) is 0. The number of para-hydroxylation sites is 6. The van der Waals surface area contributed by atoms with Crippen LogP contribution in [0.5, 0.6) is 0 Å². The fourth-order valence-electron chi connectivity index (χ4n) is 12.4. The molecule has 0 N–H and O–H groups in total. The van der Waals surface area contributed by atoms with Crippen LogP contribution in [0.2, 0.25) is 0 Å². The molecule has 0 aromatic heterocycles. The highest BCUT2D eigenvalue weighted by molar-refractivity contribution is 5.98. The average Bonchev–Trinajstić information content (AvgIpc) is 4.12. The molecule has 12 aromatic rings. The van der Waals surface area contributed by atoms with Gasteiger partial charge in [-0.05, 0) is 195 Å². The number of fused-ring (bicyclic) bond motifs is 10. The second-order valence-corrected chi connectivity index (χ2v) is 20.2. The van der Waals surface area contributed by atoms with Crippen LogP contribution in [0.4, 0.5) is 51.2 Å². The quantitative estimate of drug-likeness (QED) is 0.128. The van der Waals surface area contributed by atoms with Gasteiger partial charge in [-0.15, -0.1) is 0 Å². The minimum Gasteiger partial charge on any atom is -0.310 e. The van der Waals surface area contributed by atoms with E-state index in [0.717, 1.165) is 62.3 Å². The summed E-state index contributed by atoms with van der Waals surface area (Å²) in [5.41, 5.74) is 25.4. The zero-order chi connectivity index (χ0) is 51.3. The molecule has 0 saturated heterocycles. The number of anilines is 9. The van der Waals surface area contributed by atoms with E-state index in [0.29, 0.717) is 0 Å². The van der Waals surface area contributed by atoms with Crippen LogP contribution in [0.1, 0.15) is 27.8 Å². The molecule has 12 aromatic carbocycles. The second kappa shape index (κ2) is 19.1. The van der Waals surface area contributed by atoms with E-state index in [4.69, 9.17) is 0 Å². The summed E-state index contributed by atoms with van der Waals surface area (Å²) >= 11 is 0. The van der Waals surface area contributed by atoms with Gasteiger partial charge >= 0.3 is 0 Å². The molecular weight excluding hydrogens is 931 g/mol. The van der Waals surface area contributed by atoms with E-state index in [-0.39, 0.29) is 0 Å². The van der Waals surface area contributed by atoms with E-state index in [2.05, 4.69) is 325 Å². The van der Waals surface area contributed by atoms with Crippen LogP contribution in [0, 0.1) is 6.92 Å². The molecule has 0 saturated carbocycles. The molecular formula is C74H53N3. The maximum Gasteiger partial charge on any atom is 0.0725 e. The predicted molar refractivity (Wildman–Crippen MR) is 322 cm³/mol. The van der Waals surface area contributed by atoms with Gasteiger partial charge in [-0.3, -0.25) is 0 Å². The Morgan fingerprint density at radius 2 is 0.494 bits per heavy atom. The standard InChI is InChI=1S/C74H53N3/c1-52-44-55(46-63(45-52)75(57-24-8-2-9-25-57)58-26-10-3-11-27-58)53-40-42-68-69-43-41-54(50-73(69)74(72(68)49-53)70-38-22-20-36-66(70)67-37-21-23-39-71(67)74)56-47-64(76(59-28-12-4-13-29-59)60-30-14-5-15-31-60)51-65(48-56)77(61-32-16-6-17-33-61)62-34-18-7-19-35-62/h2-51H,1H3. The summed E-state index contributed by atoms with van der Waals surface area (Å²) < 4.78 is 0. The SMILES string of the molecule is Cc1cc(-c2ccc3c(c2)C2(c4ccccc4-c4ccccc42)c2cc(-c4cc(N(c5ccccc5)c5ccccc5)cc(N(c5ccccc5)c5ccccc5)c4)ccc2-3)cc(N(c2ccccc2)c2ccccc2)c1. The molecule has 2 aliphatic rings. The van der Waals surface area contributed by atoms with Crippen molar-refractivity contribution in [1.29, 1.82) is 0 Å². The van der Waals surface area contributed by atoms with E-state index >= 15 is 0 Å². The Morgan fingerprint density at radius 1 is 0.208 bits per heavy atom. The molecule has 3 nitrogen and oxygen atoms in total. The van der Waals surface area contributed by atoms with Gasteiger partial charge in [-0.2, -0.15) is 0 Å².